The smallest absolute Gasteiger partial charge is 0.331 e. The van der Waals surface area contributed by atoms with Crippen LogP contribution in [-0.2, 0) is 26.5 Å². The molecular weight excluding hydrogens is 314 g/mol. The number of nitrogens with two attached hydrogens (primary N) is 1. The maximum Gasteiger partial charge on any atom is 0.331 e. The molecule has 3 aromatic rings. The average molecular weight is 333 g/mol. The van der Waals surface area contributed by atoms with Crippen molar-refractivity contribution in [3.05, 3.63) is 83.9 Å². The minimum Gasteiger partial charge on any atom is -0.459 e. The highest BCUT2D eigenvalue weighted by atomic mass is 16.5. The molecule has 4 nitrogen and oxygen atoms in total. The summed E-state index contributed by atoms with van der Waals surface area (Å²) in [4.78, 5) is 23.6. The van der Waals surface area contributed by atoms with Crippen LogP contribution in [-0.4, -0.2) is 12.3 Å². The fourth-order valence-electron chi connectivity index (χ4n) is 2.79. The molecule has 0 saturated heterocycles. The van der Waals surface area contributed by atoms with Crippen molar-refractivity contribution < 1.29 is 14.3 Å². The number of benzene rings is 3. The lowest BCUT2D eigenvalue weighted by Crippen LogP contribution is -2.46. The Morgan fingerprint density at radius 3 is 2.36 bits per heavy atom. The molecule has 0 aliphatic heterocycles. The Balaban J connectivity index is 1.78. The molecule has 0 saturated carbocycles. The normalized spacial score (nSPS) is 13.2. The van der Waals surface area contributed by atoms with Gasteiger partial charge < -0.3 is 15.3 Å². The zero-order valence-electron chi connectivity index (χ0n) is 13.7. The second kappa shape index (κ2) is 7.28. The predicted octanol–water partition coefficient (Wildman–Crippen LogP) is 3.33. The number of aldehydes is 1. The monoisotopic (exact) mass is 333 g/mol. The largest absolute Gasteiger partial charge is 0.459 e. The van der Waals surface area contributed by atoms with E-state index in [4.69, 9.17) is 10.5 Å². The van der Waals surface area contributed by atoms with Gasteiger partial charge in [-0.3, -0.25) is 0 Å². The standard InChI is InChI=1S/C21H19NO3/c22-21(12-13-23,19-8-2-1-3-9-19)20(24)25-15-16-10-11-17-6-4-5-7-18(17)14-16/h1-11,13-14H,12,15,22H2. The lowest BCUT2D eigenvalue weighted by molar-refractivity contribution is -0.153. The molecule has 0 aliphatic rings. The van der Waals surface area contributed by atoms with Crippen molar-refractivity contribution in [2.75, 3.05) is 0 Å². The van der Waals surface area contributed by atoms with E-state index in [1.54, 1.807) is 24.3 Å². The highest BCUT2D eigenvalue weighted by Gasteiger charge is 2.37. The minimum atomic E-state index is -1.47. The number of esters is 1. The van der Waals surface area contributed by atoms with Crippen LogP contribution in [0.2, 0.25) is 0 Å². The van der Waals surface area contributed by atoms with Crippen LogP contribution < -0.4 is 5.73 Å². The molecule has 0 radical (unpaired) electrons. The summed E-state index contributed by atoms with van der Waals surface area (Å²) < 4.78 is 5.43. The van der Waals surface area contributed by atoms with Crippen molar-refractivity contribution in [1.29, 1.82) is 0 Å². The van der Waals surface area contributed by atoms with Crippen LogP contribution in [0.5, 0.6) is 0 Å². The molecule has 3 aromatic carbocycles. The second-order valence-electron chi connectivity index (χ2n) is 5.97. The van der Waals surface area contributed by atoms with Gasteiger partial charge in [0.1, 0.15) is 18.4 Å². The molecule has 0 aromatic heterocycles. The molecule has 0 fully saturated rings. The Kier molecular flexibility index (Phi) is 4.91. The van der Waals surface area contributed by atoms with Gasteiger partial charge >= 0.3 is 5.97 Å². The van der Waals surface area contributed by atoms with Gasteiger partial charge in [0.15, 0.2) is 0 Å². The first-order valence-corrected chi connectivity index (χ1v) is 8.06. The Bertz CT molecular complexity index is 892. The van der Waals surface area contributed by atoms with Gasteiger partial charge in [0, 0.05) is 6.42 Å². The molecule has 2 N–H and O–H groups in total. The SMILES string of the molecule is NC(CC=O)(C(=O)OCc1ccc2ccccc2c1)c1ccccc1. The van der Waals surface area contributed by atoms with Crippen LogP contribution in [0.4, 0.5) is 0 Å². The Hall–Kier alpha value is -2.98. The van der Waals surface area contributed by atoms with Crippen LogP contribution in [0.1, 0.15) is 17.5 Å². The fourth-order valence-corrected chi connectivity index (χ4v) is 2.79. The third-order valence-electron chi connectivity index (χ3n) is 4.24. The molecule has 0 aliphatic carbocycles. The van der Waals surface area contributed by atoms with Gasteiger partial charge in [0.25, 0.3) is 0 Å². The topological polar surface area (TPSA) is 69.4 Å². The Morgan fingerprint density at radius 2 is 1.64 bits per heavy atom. The van der Waals surface area contributed by atoms with Crippen LogP contribution >= 0.6 is 0 Å². The van der Waals surface area contributed by atoms with Crippen LogP contribution in [0.25, 0.3) is 10.8 Å². The first-order chi connectivity index (χ1) is 12.1. The van der Waals surface area contributed by atoms with Gasteiger partial charge in [-0.25, -0.2) is 4.79 Å². The first kappa shape index (κ1) is 16.9. The summed E-state index contributed by atoms with van der Waals surface area (Å²) in [6, 6.07) is 22.7. The summed E-state index contributed by atoms with van der Waals surface area (Å²) in [5.74, 6) is -0.612. The average Bonchev–Trinajstić information content (AvgIpc) is 2.66. The zero-order chi connectivity index (χ0) is 17.7. The lowest BCUT2D eigenvalue weighted by Gasteiger charge is -2.25. The third kappa shape index (κ3) is 3.59. The van der Waals surface area contributed by atoms with E-state index in [-0.39, 0.29) is 13.0 Å². The van der Waals surface area contributed by atoms with E-state index in [1.807, 2.05) is 48.5 Å². The summed E-state index contributed by atoms with van der Waals surface area (Å²) in [6.07, 6.45) is 0.512. The van der Waals surface area contributed by atoms with Crippen molar-refractivity contribution in [3.8, 4) is 0 Å². The van der Waals surface area contributed by atoms with Crippen molar-refractivity contribution in [2.45, 2.75) is 18.6 Å². The summed E-state index contributed by atoms with van der Waals surface area (Å²) in [5, 5.41) is 2.20. The van der Waals surface area contributed by atoms with Gasteiger partial charge in [0.05, 0.1) is 0 Å². The van der Waals surface area contributed by atoms with Crippen molar-refractivity contribution in [2.24, 2.45) is 5.73 Å². The lowest BCUT2D eigenvalue weighted by atomic mass is 9.88. The van der Waals surface area contributed by atoms with E-state index in [2.05, 4.69) is 0 Å². The Morgan fingerprint density at radius 1 is 0.960 bits per heavy atom. The van der Waals surface area contributed by atoms with E-state index >= 15 is 0 Å². The second-order valence-corrected chi connectivity index (χ2v) is 5.97. The van der Waals surface area contributed by atoms with Crippen LogP contribution in [0, 0.1) is 0 Å². The number of rotatable bonds is 6. The van der Waals surface area contributed by atoms with Crippen molar-refractivity contribution >= 4 is 23.0 Å². The zero-order valence-corrected chi connectivity index (χ0v) is 13.7. The van der Waals surface area contributed by atoms with E-state index < -0.39 is 11.5 Å². The number of ether oxygens (including phenoxy) is 1. The molecular formula is C21H19NO3. The first-order valence-electron chi connectivity index (χ1n) is 8.06. The molecule has 0 bridgehead atoms. The highest BCUT2D eigenvalue weighted by molar-refractivity contribution is 5.86. The van der Waals surface area contributed by atoms with E-state index in [1.165, 1.54) is 0 Å². The molecule has 0 spiro atoms. The molecule has 0 heterocycles. The van der Waals surface area contributed by atoms with E-state index in [9.17, 15) is 9.59 Å². The quantitative estimate of drug-likeness (QED) is 0.555. The molecule has 126 valence electrons. The van der Waals surface area contributed by atoms with Gasteiger partial charge in [-0.1, -0.05) is 66.7 Å². The highest BCUT2D eigenvalue weighted by Crippen LogP contribution is 2.24. The molecule has 0 amide bonds. The maximum absolute atomic E-state index is 12.6. The van der Waals surface area contributed by atoms with Crippen LogP contribution in [0.3, 0.4) is 0 Å². The number of fused-ring (bicyclic) bond motifs is 1. The molecule has 1 atom stereocenters. The van der Waals surface area contributed by atoms with Gasteiger partial charge in [-0.15, -0.1) is 0 Å². The maximum atomic E-state index is 12.6. The van der Waals surface area contributed by atoms with Gasteiger partial charge in [-0.05, 0) is 28.0 Å². The number of hydrogen-bond acceptors (Lipinski definition) is 4. The van der Waals surface area contributed by atoms with E-state index in [0.29, 0.717) is 11.8 Å². The van der Waals surface area contributed by atoms with Crippen LogP contribution in [0.15, 0.2) is 72.8 Å². The summed E-state index contributed by atoms with van der Waals surface area (Å²) in [7, 11) is 0. The number of carbonyl (C=O) groups excluding carboxylic acids is 2. The molecule has 1 unspecified atom stereocenters. The fraction of sp³-hybridized carbons (Fsp3) is 0.143. The minimum absolute atomic E-state index is 0.105. The summed E-state index contributed by atoms with van der Waals surface area (Å²) >= 11 is 0. The number of hydrogen-bond donors (Lipinski definition) is 1. The van der Waals surface area contributed by atoms with Gasteiger partial charge in [-0.2, -0.15) is 0 Å². The summed E-state index contributed by atoms with van der Waals surface area (Å²) in [5.41, 5.74) is 6.18. The summed E-state index contributed by atoms with van der Waals surface area (Å²) in [6.45, 7) is 0.105. The molecule has 3 rings (SSSR count). The molecule has 4 heteroatoms. The van der Waals surface area contributed by atoms with Gasteiger partial charge in [0.2, 0.25) is 0 Å². The van der Waals surface area contributed by atoms with E-state index in [0.717, 1.165) is 16.3 Å². The molecule has 25 heavy (non-hydrogen) atoms. The van der Waals surface area contributed by atoms with Crippen molar-refractivity contribution in [3.63, 3.8) is 0 Å². The third-order valence-corrected chi connectivity index (χ3v) is 4.24. The van der Waals surface area contributed by atoms with Crippen molar-refractivity contribution in [1.82, 2.24) is 0 Å². The number of carbonyl (C=O) groups is 2. The Labute approximate surface area is 146 Å². The predicted molar refractivity (Wildman–Crippen MR) is 96.7 cm³/mol.